The van der Waals surface area contributed by atoms with Gasteiger partial charge in [-0.25, -0.2) is 4.68 Å². The van der Waals surface area contributed by atoms with Crippen LogP contribution in [-0.4, -0.2) is 46.1 Å². The number of aromatic nitrogens is 4. The Labute approximate surface area is 168 Å². The number of furan rings is 1. The molecule has 30 heavy (non-hydrogen) atoms. The maximum Gasteiger partial charge on any atom is 0.434 e. The molecule has 0 atom stereocenters. The van der Waals surface area contributed by atoms with Gasteiger partial charge in [0.2, 0.25) is 5.88 Å². The van der Waals surface area contributed by atoms with E-state index in [1.165, 1.54) is 25.5 Å². The van der Waals surface area contributed by atoms with Crippen molar-refractivity contribution in [2.45, 2.75) is 19.2 Å². The molecule has 0 aliphatic rings. The predicted molar refractivity (Wildman–Crippen MR) is 96.0 cm³/mol. The highest BCUT2D eigenvalue weighted by molar-refractivity contribution is 5.95. The highest BCUT2D eigenvalue weighted by atomic mass is 19.4. The van der Waals surface area contributed by atoms with Crippen LogP contribution >= 0.6 is 0 Å². The van der Waals surface area contributed by atoms with Crippen molar-refractivity contribution in [2.75, 3.05) is 20.3 Å². The summed E-state index contributed by atoms with van der Waals surface area (Å²) in [6.45, 7) is 0.699. The number of hydrogen-bond donors (Lipinski definition) is 1. The topological polar surface area (TPSA) is 104 Å². The predicted octanol–water partition coefficient (Wildman–Crippen LogP) is 2.62. The van der Waals surface area contributed by atoms with Gasteiger partial charge in [-0.3, -0.25) is 4.79 Å². The molecular formula is C18H18F3N5O4. The van der Waals surface area contributed by atoms with Crippen LogP contribution in [0.3, 0.4) is 0 Å². The number of nitrogens with one attached hydrogen (secondary N) is 1. The van der Waals surface area contributed by atoms with Crippen molar-refractivity contribution in [3.8, 4) is 11.7 Å². The standard InChI is InChI=1S/C18H18F3N5O4/c1-28-15-6-5-14(24-25-15)26-16(18(19,20)21)13(10-23-26)17(27)22-7-3-8-29-11-12-4-2-9-30-12/h2,4-6,9-10H,3,7-8,11H2,1H3,(H,22,27). The second-order valence-corrected chi connectivity index (χ2v) is 5.99. The Kier molecular flexibility index (Phi) is 6.67. The molecule has 0 saturated carbocycles. The second kappa shape index (κ2) is 9.39. The molecule has 1 amide bonds. The Morgan fingerprint density at radius 2 is 2.10 bits per heavy atom. The van der Waals surface area contributed by atoms with Crippen molar-refractivity contribution in [1.29, 1.82) is 0 Å². The number of alkyl halides is 3. The molecule has 12 heteroatoms. The highest BCUT2D eigenvalue weighted by Crippen LogP contribution is 2.33. The zero-order valence-electron chi connectivity index (χ0n) is 15.8. The van der Waals surface area contributed by atoms with Gasteiger partial charge in [0.05, 0.1) is 25.1 Å². The summed E-state index contributed by atoms with van der Waals surface area (Å²) in [4.78, 5) is 12.3. The average Bonchev–Trinajstić information content (AvgIpc) is 3.40. The van der Waals surface area contributed by atoms with Crippen molar-refractivity contribution in [2.24, 2.45) is 0 Å². The van der Waals surface area contributed by atoms with E-state index in [-0.39, 0.29) is 24.8 Å². The minimum absolute atomic E-state index is 0.127. The van der Waals surface area contributed by atoms with Gasteiger partial charge in [0.1, 0.15) is 12.4 Å². The van der Waals surface area contributed by atoms with E-state index < -0.39 is 23.3 Å². The number of carbonyl (C=O) groups is 1. The van der Waals surface area contributed by atoms with Gasteiger partial charge < -0.3 is 19.2 Å². The first-order valence-corrected chi connectivity index (χ1v) is 8.82. The highest BCUT2D eigenvalue weighted by Gasteiger charge is 2.40. The molecule has 3 aromatic heterocycles. The van der Waals surface area contributed by atoms with Crippen LogP contribution in [0.25, 0.3) is 5.82 Å². The lowest BCUT2D eigenvalue weighted by atomic mass is 10.2. The van der Waals surface area contributed by atoms with E-state index in [1.807, 2.05) is 0 Å². The third-order valence-electron chi connectivity index (χ3n) is 3.91. The molecule has 0 radical (unpaired) electrons. The largest absolute Gasteiger partial charge is 0.480 e. The first kappa shape index (κ1) is 21.3. The van der Waals surface area contributed by atoms with Gasteiger partial charge in [0.25, 0.3) is 5.91 Å². The average molecular weight is 425 g/mol. The van der Waals surface area contributed by atoms with E-state index in [0.29, 0.717) is 23.5 Å². The van der Waals surface area contributed by atoms with Gasteiger partial charge in [-0.1, -0.05) is 0 Å². The van der Waals surface area contributed by atoms with Crippen LogP contribution < -0.4 is 10.1 Å². The Hall–Kier alpha value is -3.41. The van der Waals surface area contributed by atoms with Crippen molar-refractivity contribution >= 4 is 5.91 Å². The first-order chi connectivity index (χ1) is 14.4. The number of amides is 1. The minimum Gasteiger partial charge on any atom is -0.480 e. The Bertz CT molecular complexity index is 955. The molecule has 3 heterocycles. The molecular weight excluding hydrogens is 407 g/mol. The molecule has 0 aliphatic heterocycles. The minimum atomic E-state index is -4.84. The third-order valence-corrected chi connectivity index (χ3v) is 3.91. The zero-order valence-corrected chi connectivity index (χ0v) is 15.8. The molecule has 0 spiro atoms. The quantitative estimate of drug-likeness (QED) is 0.526. The summed E-state index contributed by atoms with van der Waals surface area (Å²) in [6, 6.07) is 6.08. The Balaban J connectivity index is 1.62. The number of halogens is 3. The number of rotatable bonds is 9. The van der Waals surface area contributed by atoms with Gasteiger partial charge in [-0.05, 0) is 24.6 Å². The van der Waals surface area contributed by atoms with E-state index in [0.717, 1.165) is 6.20 Å². The van der Waals surface area contributed by atoms with Crippen LogP contribution in [0.4, 0.5) is 13.2 Å². The van der Waals surface area contributed by atoms with E-state index in [9.17, 15) is 18.0 Å². The summed E-state index contributed by atoms with van der Waals surface area (Å²) in [5.41, 5.74) is -1.86. The number of carbonyl (C=O) groups excluding carboxylic acids is 1. The Morgan fingerprint density at radius 1 is 1.27 bits per heavy atom. The van der Waals surface area contributed by atoms with Crippen LogP contribution in [-0.2, 0) is 17.5 Å². The molecule has 3 aromatic rings. The van der Waals surface area contributed by atoms with Gasteiger partial charge in [-0.15, -0.1) is 10.2 Å². The fraction of sp³-hybridized carbons (Fsp3) is 0.333. The molecule has 0 unspecified atom stereocenters. The molecule has 1 N–H and O–H groups in total. The molecule has 3 rings (SSSR count). The lowest BCUT2D eigenvalue weighted by molar-refractivity contribution is -0.143. The molecule has 0 bridgehead atoms. The maximum atomic E-state index is 13.6. The van der Waals surface area contributed by atoms with E-state index in [1.54, 1.807) is 12.1 Å². The van der Waals surface area contributed by atoms with E-state index in [2.05, 4.69) is 20.6 Å². The van der Waals surface area contributed by atoms with Crippen molar-refractivity contribution in [3.05, 3.63) is 53.7 Å². The van der Waals surface area contributed by atoms with Crippen molar-refractivity contribution < 1.29 is 31.9 Å². The van der Waals surface area contributed by atoms with Crippen molar-refractivity contribution in [1.82, 2.24) is 25.3 Å². The molecule has 160 valence electrons. The summed E-state index contributed by atoms with van der Waals surface area (Å²) < 4.78 is 56.7. The summed E-state index contributed by atoms with van der Waals surface area (Å²) >= 11 is 0. The second-order valence-electron chi connectivity index (χ2n) is 5.99. The van der Waals surface area contributed by atoms with Crippen LogP contribution in [0.5, 0.6) is 5.88 Å². The number of methoxy groups -OCH3 is 1. The molecule has 0 aliphatic carbocycles. The van der Waals surface area contributed by atoms with Crippen LogP contribution in [0, 0.1) is 0 Å². The third kappa shape index (κ3) is 5.14. The molecule has 0 saturated heterocycles. The first-order valence-electron chi connectivity index (χ1n) is 8.82. The maximum absolute atomic E-state index is 13.6. The van der Waals surface area contributed by atoms with Crippen LogP contribution in [0.1, 0.15) is 28.2 Å². The summed E-state index contributed by atoms with van der Waals surface area (Å²) in [7, 11) is 1.35. The summed E-state index contributed by atoms with van der Waals surface area (Å²) in [5.74, 6) is -0.316. The smallest absolute Gasteiger partial charge is 0.434 e. The summed E-state index contributed by atoms with van der Waals surface area (Å²) in [6.07, 6.45) is -2.06. The van der Waals surface area contributed by atoms with Gasteiger partial charge in [0.15, 0.2) is 11.5 Å². The zero-order chi connectivity index (χ0) is 21.6. The summed E-state index contributed by atoms with van der Waals surface area (Å²) in [5, 5.41) is 13.4. The molecule has 9 nitrogen and oxygen atoms in total. The monoisotopic (exact) mass is 425 g/mol. The van der Waals surface area contributed by atoms with E-state index in [4.69, 9.17) is 13.9 Å². The molecule has 0 aromatic carbocycles. The lowest BCUT2D eigenvalue weighted by Crippen LogP contribution is -2.28. The number of hydrogen-bond acceptors (Lipinski definition) is 7. The SMILES string of the molecule is COc1ccc(-n2ncc(C(=O)NCCCOCc3ccco3)c2C(F)(F)F)nn1. The lowest BCUT2D eigenvalue weighted by Gasteiger charge is -2.12. The van der Waals surface area contributed by atoms with Crippen LogP contribution in [0.15, 0.2) is 41.1 Å². The normalized spacial score (nSPS) is 11.5. The van der Waals surface area contributed by atoms with Gasteiger partial charge in [-0.2, -0.15) is 18.3 Å². The van der Waals surface area contributed by atoms with Crippen molar-refractivity contribution in [3.63, 3.8) is 0 Å². The fourth-order valence-electron chi connectivity index (χ4n) is 2.53. The fourth-order valence-corrected chi connectivity index (χ4v) is 2.53. The van der Waals surface area contributed by atoms with Gasteiger partial charge in [0, 0.05) is 19.2 Å². The number of ether oxygens (including phenoxy) is 2. The van der Waals surface area contributed by atoms with E-state index >= 15 is 0 Å². The molecule has 0 fully saturated rings. The number of nitrogens with zero attached hydrogens (tertiary/aromatic N) is 4. The Morgan fingerprint density at radius 3 is 2.73 bits per heavy atom. The van der Waals surface area contributed by atoms with Gasteiger partial charge >= 0.3 is 6.18 Å². The van der Waals surface area contributed by atoms with Crippen LogP contribution in [0.2, 0.25) is 0 Å².